The zero-order chi connectivity index (χ0) is 24.7. The Kier molecular flexibility index (Phi) is 8.56. The summed E-state index contributed by atoms with van der Waals surface area (Å²) in [5.74, 6) is 0.326. The van der Waals surface area contributed by atoms with Crippen molar-refractivity contribution in [2.24, 2.45) is 0 Å². The van der Waals surface area contributed by atoms with Crippen LogP contribution in [0.2, 0.25) is 0 Å². The fraction of sp³-hybridized carbons (Fsp3) is 0.480. The van der Waals surface area contributed by atoms with E-state index in [4.69, 9.17) is 20.5 Å². The van der Waals surface area contributed by atoms with Crippen molar-refractivity contribution in [3.05, 3.63) is 46.7 Å². The number of hydrogen-bond donors (Lipinski definition) is 4. The Bertz CT molecular complexity index is 1070. The van der Waals surface area contributed by atoms with Crippen LogP contribution >= 0.6 is 0 Å². The monoisotopic (exact) mass is 465 g/mol. The van der Waals surface area contributed by atoms with Crippen molar-refractivity contribution in [2.45, 2.75) is 65.8 Å². The van der Waals surface area contributed by atoms with Crippen molar-refractivity contribution < 1.29 is 9.90 Å². The number of aromatic nitrogens is 3. The highest BCUT2D eigenvalue weighted by molar-refractivity contribution is 5.79. The van der Waals surface area contributed by atoms with Crippen LogP contribution in [-0.2, 0) is 17.8 Å². The van der Waals surface area contributed by atoms with E-state index in [1.54, 1.807) is 0 Å². The van der Waals surface area contributed by atoms with Gasteiger partial charge in [-0.1, -0.05) is 19.9 Å². The van der Waals surface area contributed by atoms with Gasteiger partial charge in [0.25, 0.3) is 0 Å². The Balaban J connectivity index is 0.000000481. The van der Waals surface area contributed by atoms with Gasteiger partial charge in [0.15, 0.2) is 0 Å². The van der Waals surface area contributed by atoms with E-state index >= 15 is 0 Å². The van der Waals surface area contributed by atoms with Crippen LogP contribution in [-0.4, -0.2) is 45.3 Å². The summed E-state index contributed by atoms with van der Waals surface area (Å²) in [5, 5.41) is 22.0. The molecule has 9 nitrogen and oxygen atoms in total. The van der Waals surface area contributed by atoms with E-state index in [1.807, 2.05) is 32.3 Å². The summed E-state index contributed by atoms with van der Waals surface area (Å²) in [5.41, 5.74) is 7.74. The average molecular weight is 466 g/mol. The summed E-state index contributed by atoms with van der Waals surface area (Å²) in [7, 11) is 0. The summed E-state index contributed by atoms with van der Waals surface area (Å²) >= 11 is 0. The molecule has 9 heteroatoms. The van der Waals surface area contributed by atoms with E-state index in [0.717, 1.165) is 44.6 Å². The minimum absolute atomic E-state index is 0.292. The topological polar surface area (TPSA) is 127 Å². The number of rotatable bonds is 6. The molecule has 0 aromatic carbocycles. The van der Waals surface area contributed by atoms with Crippen LogP contribution in [0.5, 0.6) is 0 Å². The molecule has 2 aromatic rings. The van der Waals surface area contributed by atoms with Gasteiger partial charge in [-0.25, -0.2) is 9.97 Å². The lowest BCUT2D eigenvalue weighted by Crippen LogP contribution is -2.32. The molecular formula is C25H35N7O2. The lowest BCUT2D eigenvalue weighted by atomic mass is 9.95. The number of carboxylic acids is 1. The normalized spacial score (nSPS) is 16.9. The van der Waals surface area contributed by atoms with Crippen LogP contribution in [0.4, 0.5) is 17.3 Å². The lowest BCUT2D eigenvalue weighted by molar-refractivity contribution is -0.137. The Hall–Kier alpha value is -3.49. The molecule has 1 atom stereocenters. The second-order valence-electron chi connectivity index (χ2n) is 8.64. The molecule has 0 saturated carbocycles. The number of aliphatic carboxylic acids is 1. The van der Waals surface area contributed by atoms with Gasteiger partial charge < -0.3 is 26.0 Å². The van der Waals surface area contributed by atoms with Gasteiger partial charge in [0.2, 0.25) is 5.95 Å². The van der Waals surface area contributed by atoms with E-state index < -0.39 is 5.97 Å². The highest BCUT2D eigenvalue weighted by Gasteiger charge is 2.25. The molecular weight excluding hydrogens is 430 g/mol. The summed E-state index contributed by atoms with van der Waals surface area (Å²) in [6, 6.07) is 0. The molecule has 4 rings (SSSR count). The van der Waals surface area contributed by atoms with Crippen molar-refractivity contribution in [3.63, 3.8) is 0 Å². The zero-order valence-electron chi connectivity index (χ0n) is 20.5. The standard InChI is InChI=1S/C21H27N7.C4H8O2/c1-4-16(9-22)26-21-25-10-15-6-8-28(12-17(15)27-21)18-11-24-19-13(2)5-7-23-20(19)14(18)3;1-2-3-4(5)6/h4,9-11,13,22-23H,5-8,12H2,1-3H3,(H,25,26,27);2-3H2,1H3,(H,5,6)/b16-4+,22-9?;. The molecule has 2 aromatic heterocycles. The summed E-state index contributed by atoms with van der Waals surface area (Å²) in [6.45, 7) is 10.8. The molecule has 182 valence electrons. The number of carbonyl (C=O) groups is 1. The maximum absolute atomic E-state index is 9.60. The SMILES string of the molecule is C/C=C(\C=N)Nc1ncc2c(n1)CN(c1cnc3c(c1C)NCCC3C)CC2.CCCC(=O)O. The lowest BCUT2D eigenvalue weighted by Gasteiger charge is -2.33. The summed E-state index contributed by atoms with van der Waals surface area (Å²) < 4.78 is 0. The first-order valence-electron chi connectivity index (χ1n) is 11.9. The van der Waals surface area contributed by atoms with E-state index in [9.17, 15) is 4.79 Å². The van der Waals surface area contributed by atoms with Gasteiger partial charge in [-0.3, -0.25) is 9.78 Å². The summed E-state index contributed by atoms with van der Waals surface area (Å²) in [6.07, 6.45) is 10.1. The molecule has 0 aliphatic carbocycles. The van der Waals surface area contributed by atoms with Gasteiger partial charge >= 0.3 is 5.97 Å². The third-order valence-electron chi connectivity index (χ3n) is 6.16. The highest BCUT2D eigenvalue weighted by atomic mass is 16.4. The molecule has 0 spiro atoms. The molecule has 4 heterocycles. The van der Waals surface area contributed by atoms with Crippen LogP contribution in [0.15, 0.2) is 24.2 Å². The van der Waals surface area contributed by atoms with E-state index in [0.29, 0.717) is 24.0 Å². The third-order valence-corrected chi connectivity index (χ3v) is 6.16. The van der Waals surface area contributed by atoms with Crippen molar-refractivity contribution in [1.29, 1.82) is 5.41 Å². The second-order valence-corrected chi connectivity index (χ2v) is 8.64. The van der Waals surface area contributed by atoms with Crippen molar-refractivity contribution >= 4 is 29.5 Å². The molecule has 1 unspecified atom stereocenters. The van der Waals surface area contributed by atoms with E-state index in [2.05, 4.69) is 34.4 Å². The number of carboxylic acid groups (broad SMARTS) is 1. The van der Waals surface area contributed by atoms with Crippen LogP contribution in [0, 0.1) is 12.3 Å². The Labute approximate surface area is 201 Å². The molecule has 0 fully saturated rings. The minimum atomic E-state index is -0.711. The Morgan fingerprint density at radius 2 is 2.18 bits per heavy atom. The van der Waals surface area contributed by atoms with E-state index in [1.165, 1.54) is 34.4 Å². The molecule has 2 aliphatic heterocycles. The van der Waals surface area contributed by atoms with Gasteiger partial charge in [-0.2, -0.15) is 0 Å². The fourth-order valence-electron chi connectivity index (χ4n) is 4.18. The first kappa shape index (κ1) is 25.1. The number of hydrogen-bond acceptors (Lipinski definition) is 8. The third kappa shape index (κ3) is 5.89. The molecule has 34 heavy (non-hydrogen) atoms. The predicted molar refractivity (Wildman–Crippen MR) is 136 cm³/mol. The van der Waals surface area contributed by atoms with Crippen molar-refractivity contribution in [1.82, 2.24) is 15.0 Å². The quantitative estimate of drug-likeness (QED) is 0.459. The Morgan fingerprint density at radius 1 is 1.38 bits per heavy atom. The minimum Gasteiger partial charge on any atom is -0.481 e. The number of pyridine rings is 1. The maximum atomic E-state index is 9.60. The molecule has 4 N–H and O–H groups in total. The second kappa shape index (κ2) is 11.6. The first-order chi connectivity index (χ1) is 16.4. The smallest absolute Gasteiger partial charge is 0.303 e. The number of anilines is 3. The van der Waals surface area contributed by atoms with Gasteiger partial charge in [0, 0.05) is 37.8 Å². The fourth-order valence-corrected chi connectivity index (χ4v) is 4.18. The molecule has 0 saturated heterocycles. The molecule has 0 bridgehead atoms. The van der Waals surface area contributed by atoms with Gasteiger partial charge in [-0.15, -0.1) is 0 Å². The predicted octanol–water partition coefficient (Wildman–Crippen LogP) is 4.50. The van der Waals surface area contributed by atoms with Crippen molar-refractivity contribution in [3.8, 4) is 0 Å². The number of nitrogens with zero attached hydrogens (tertiary/aromatic N) is 4. The highest BCUT2D eigenvalue weighted by Crippen LogP contribution is 2.37. The van der Waals surface area contributed by atoms with Crippen LogP contribution in [0.3, 0.4) is 0 Å². The Morgan fingerprint density at radius 3 is 2.82 bits per heavy atom. The van der Waals surface area contributed by atoms with Crippen LogP contribution in [0.25, 0.3) is 0 Å². The van der Waals surface area contributed by atoms with E-state index in [-0.39, 0.29) is 0 Å². The first-order valence-corrected chi connectivity index (χ1v) is 11.9. The molecule has 0 amide bonds. The van der Waals surface area contributed by atoms with Crippen LogP contribution in [0.1, 0.15) is 68.5 Å². The van der Waals surface area contributed by atoms with Gasteiger partial charge in [0.05, 0.1) is 41.2 Å². The van der Waals surface area contributed by atoms with Gasteiger partial charge in [-0.05, 0) is 44.2 Å². The maximum Gasteiger partial charge on any atom is 0.303 e. The molecule has 2 aliphatic rings. The molecule has 0 radical (unpaired) electrons. The summed E-state index contributed by atoms with van der Waals surface area (Å²) in [4.78, 5) is 25.9. The van der Waals surface area contributed by atoms with Gasteiger partial charge in [0.1, 0.15) is 0 Å². The average Bonchev–Trinajstić information content (AvgIpc) is 2.83. The number of nitrogens with one attached hydrogen (secondary N) is 3. The number of fused-ring (bicyclic) bond motifs is 2. The largest absolute Gasteiger partial charge is 0.481 e. The number of allylic oxidation sites excluding steroid dienone is 2. The zero-order valence-corrected chi connectivity index (χ0v) is 20.5. The van der Waals surface area contributed by atoms with Crippen molar-refractivity contribution in [2.75, 3.05) is 28.6 Å². The van der Waals surface area contributed by atoms with Crippen LogP contribution < -0.4 is 15.5 Å².